The van der Waals surface area contributed by atoms with E-state index in [1.54, 1.807) is 4.57 Å². The minimum atomic E-state index is -0.0259. The van der Waals surface area contributed by atoms with E-state index in [9.17, 15) is 4.79 Å². The van der Waals surface area contributed by atoms with Gasteiger partial charge in [-0.1, -0.05) is 30.3 Å². The average molecular weight is 256 g/mol. The largest absolute Gasteiger partial charge is 0.331 e. The molecule has 18 heavy (non-hydrogen) atoms. The van der Waals surface area contributed by atoms with Crippen molar-refractivity contribution in [2.24, 2.45) is 0 Å². The first-order valence-corrected chi connectivity index (χ1v) is 6.28. The Morgan fingerprint density at radius 2 is 1.94 bits per heavy atom. The third-order valence-corrected chi connectivity index (χ3v) is 3.52. The first-order valence-electron chi connectivity index (χ1n) is 5.87. The minimum Gasteiger partial charge on any atom is -0.331 e. The summed E-state index contributed by atoms with van der Waals surface area (Å²) in [5.74, 6) is 0. The molecular weight excluding hydrogens is 244 g/mol. The number of nitrogens with one attached hydrogen (secondary N) is 1. The fourth-order valence-corrected chi connectivity index (χ4v) is 2.60. The molecule has 2 aromatic carbocycles. The highest BCUT2D eigenvalue weighted by Gasteiger charge is 2.06. The highest BCUT2D eigenvalue weighted by Crippen LogP contribution is 2.21. The van der Waals surface area contributed by atoms with Gasteiger partial charge >= 0.3 is 0 Å². The number of benzene rings is 2. The van der Waals surface area contributed by atoms with Crippen LogP contribution in [0.2, 0.25) is 0 Å². The van der Waals surface area contributed by atoms with Crippen LogP contribution in [-0.2, 0) is 6.54 Å². The van der Waals surface area contributed by atoms with E-state index in [2.05, 4.69) is 4.98 Å². The molecule has 0 aliphatic rings. The molecule has 0 atom stereocenters. The Labute approximate surface area is 109 Å². The second kappa shape index (κ2) is 4.07. The first-order chi connectivity index (χ1) is 8.72. The van der Waals surface area contributed by atoms with Crippen LogP contribution in [0.3, 0.4) is 0 Å². The molecule has 3 rings (SSSR count). The van der Waals surface area contributed by atoms with Gasteiger partial charge in [0.1, 0.15) is 0 Å². The second-order valence-corrected chi connectivity index (χ2v) is 4.58. The number of hydrogen-bond donors (Lipinski definition) is 1. The summed E-state index contributed by atoms with van der Waals surface area (Å²) in [4.78, 5) is 15.5. The quantitative estimate of drug-likeness (QED) is 0.536. The van der Waals surface area contributed by atoms with Crippen LogP contribution in [0.15, 0.2) is 41.2 Å². The van der Waals surface area contributed by atoms with Crippen LogP contribution in [0.5, 0.6) is 0 Å². The average Bonchev–Trinajstić information content (AvgIpc) is 2.39. The molecule has 3 nitrogen and oxygen atoms in total. The number of rotatable bonds is 1. The van der Waals surface area contributed by atoms with Gasteiger partial charge in [-0.25, -0.2) is 0 Å². The van der Waals surface area contributed by atoms with Crippen molar-refractivity contribution in [1.82, 2.24) is 9.55 Å². The summed E-state index contributed by atoms with van der Waals surface area (Å²) in [6.07, 6.45) is 0. The van der Waals surface area contributed by atoms with Crippen molar-refractivity contribution in [3.05, 3.63) is 51.5 Å². The number of H-pyrrole nitrogens is 1. The lowest BCUT2D eigenvalue weighted by Gasteiger charge is -2.07. The Kier molecular flexibility index (Phi) is 2.52. The summed E-state index contributed by atoms with van der Waals surface area (Å²) in [7, 11) is 0. The molecule has 1 heterocycles. The lowest BCUT2D eigenvalue weighted by molar-refractivity contribution is 0.705. The maximum Gasteiger partial charge on any atom is 0.262 e. The number of aromatic nitrogens is 2. The van der Waals surface area contributed by atoms with Gasteiger partial charge in [-0.2, -0.15) is 0 Å². The van der Waals surface area contributed by atoms with Crippen molar-refractivity contribution in [3.63, 3.8) is 0 Å². The third-order valence-electron chi connectivity index (χ3n) is 3.20. The maximum atomic E-state index is 12.3. The Hall–Kier alpha value is -1.94. The van der Waals surface area contributed by atoms with Crippen molar-refractivity contribution in [1.29, 1.82) is 0 Å². The standard InChI is InChI=1S/C14H12N2OS/c1-2-16-13(17)11-8-7-9-5-3-4-6-10(9)12(11)15-14(16)18/h3-8H,2H2,1H3,(H,15,18). The van der Waals surface area contributed by atoms with E-state index in [-0.39, 0.29) is 5.56 Å². The Morgan fingerprint density at radius 1 is 1.17 bits per heavy atom. The second-order valence-electron chi connectivity index (χ2n) is 4.19. The number of fused-ring (bicyclic) bond motifs is 3. The van der Waals surface area contributed by atoms with Crippen LogP contribution >= 0.6 is 12.2 Å². The van der Waals surface area contributed by atoms with Crippen LogP contribution in [0.1, 0.15) is 6.92 Å². The maximum absolute atomic E-state index is 12.3. The van der Waals surface area contributed by atoms with Crippen LogP contribution < -0.4 is 5.56 Å². The van der Waals surface area contributed by atoms with Gasteiger partial charge < -0.3 is 4.98 Å². The van der Waals surface area contributed by atoms with E-state index < -0.39 is 0 Å². The summed E-state index contributed by atoms with van der Waals surface area (Å²) in [6.45, 7) is 2.49. The van der Waals surface area contributed by atoms with Gasteiger partial charge in [0.05, 0.1) is 10.9 Å². The van der Waals surface area contributed by atoms with Crippen molar-refractivity contribution in [3.8, 4) is 0 Å². The predicted octanol–water partition coefficient (Wildman–Crippen LogP) is 3.23. The van der Waals surface area contributed by atoms with Gasteiger partial charge in [-0.15, -0.1) is 0 Å². The molecule has 1 aromatic heterocycles. The molecule has 1 N–H and O–H groups in total. The molecule has 4 heteroatoms. The molecule has 0 fully saturated rings. The van der Waals surface area contributed by atoms with Crippen LogP contribution in [-0.4, -0.2) is 9.55 Å². The molecule has 0 radical (unpaired) electrons. The van der Waals surface area contributed by atoms with Gasteiger partial charge in [0, 0.05) is 11.9 Å². The third kappa shape index (κ3) is 1.49. The highest BCUT2D eigenvalue weighted by molar-refractivity contribution is 7.71. The van der Waals surface area contributed by atoms with E-state index >= 15 is 0 Å². The monoisotopic (exact) mass is 256 g/mol. The topological polar surface area (TPSA) is 37.8 Å². The lowest BCUT2D eigenvalue weighted by atomic mass is 10.1. The molecule has 0 amide bonds. The van der Waals surface area contributed by atoms with Gasteiger partial charge in [0.15, 0.2) is 4.77 Å². The molecule has 0 aliphatic heterocycles. The number of nitrogens with zero attached hydrogens (tertiary/aromatic N) is 1. The summed E-state index contributed by atoms with van der Waals surface area (Å²) < 4.78 is 2.05. The Balaban J connectivity index is 2.62. The van der Waals surface area contributed by atoms with Gasteiger partial charge in [-0.05, 0) is 30.6 Å². The fraction of sp³-hybridized carbons (Fsp3) is 0.143. The number of aromatic amines is 1. The van der Waals surface area contributed by atoms with E-state index in [1.807, 2.05) is 43.3 Å². The fourth-order valence-electron chi connectivity index (χ4n) is 2.28. The predicted molar refractivity (Wildman–Crippen MR) is 76.6 cm³/mol. The molecule has 0 unspecified atom stereocenters. The normalized spacial score (nSPS) is 11.2. The zero-order chi connectivity index (χ0) is 12.7. The van der Waals surface area contributed by atoms with Crippen LogP contribution in [0, 0.1) is 4.77 Å². The Morgan fingerprint density at radius 3 is 2.72 bits per heavy atom. The molecule has 3 aromatic rings. The van der Waals surface area contributed by atoms with Crippen molar-refractivity contribution < 1.29 is 0 Å². The van der Waals surface area contributed by atoms with Crippen LogP contribution in [0.25, 0.3) is 21.7 Å². The zero-order valence-electron chi connectivity index (χ0n) is 9.93. The molecular formula is C14H12N2OS. The van der Waals surface area contributed by atoms with Crippen molar-refractivity contribution in [2.75, 3.05) is 0 Å². The van der Waals surface area contributed by atoms with Gasteiger partial charge in [0.25, 0.3) is 5.56 Å². The van der Waals surface area contributed by atoms with E-state index in [4.69, 9.17) is 12.2 Å². The first kappa shape index (κ1) is 11.2. The molecule has 0 aliphatic carbocycles. The summed E-state index contributed by atoms with van der Waals surface area (Å²) >= 11 is 5.24. The molecule has 0 bridgehead atoms. The highest BCUT2D eigenvalue weighted by atomic mass is 32.1. The molecule has 0 saturated carbocycles. The Bertz CT molecular complexity index is 861. The smallest absolute Gasteiger partial charge is 0.262 e. The SMILES string of the molecule is CCn1c(=S)[nH]c2c(ccc3ccccc32)c1=O. The zero-order valence-corrected chi connectivity index (χ0v) is 10.8. The molecule has 0 spiro atoms. The van der Waals surface area contributed by atoms with Crippen LogP contribution in [0.4, 0.5) is 0 Å². The summed E-state index contributed by atoms with van der Waals surface area (Å²) in [5, 5.41) is 2.81. The van der Waals surface area contributed by atoms with Crippen molar-refractivity contribution in [2.45, 2.75) is 13.5 Å². The summed E-state index contributed by atoms with van der Waals surface area (Å²) in [6, 6.07) is 11.8. The van der Waals surface area contributed by atoms with Gasteiger partial charge in [0.2, 0.25) is 0 Å². The summed E-state index contributed by atoms with van der Waals surface area (Å²) in [5.41, 5.74) is 0.801. The van der Waals surface area contributed by atoms with Crippen molar-refractivity contribution >= 4 is 33.9 Å². The minimum absolute atomic E-state index is 0.0259. The number of hydrogen-bond acceptors (Lipinski definition) is 2. The van der Waals surface area contributed by atoms with E-state index in [0.29, 0.717) is 16.7 Å². The van der Waals surface area contributed by atoms with E-state index in [0.717, 1.165) is 16.3 Å². The molecule has 0 saturated heterocycles. The van der Waals surface area contributed by atoms with E-state index in [1.165, 1.54) is 0 Å². The van der Waals surface area contributed by atoms with Gasteiger partial charge in [-0.3, -0.25) is 9.36 Å². The lowest BCUT2D eigenvalue weighted by Crippen LogP contribution is -2.21. The molecule has 90 valence electrons.